The Morgan fingerprint density at radius 2 is 1.71 bits per heavy atom. The molecule has 3 nitrogen and oxygen atoms in total. The molecule has 0 radical (unpaired) electrons. The SMILES string of the molecule is O=C1Nc2cc(Cl)ccc2[C@]12[C@@H](c1ccccc1C(F)(F)F)NC(S)C[C@H]2c1cccc(Cl)c1. The van der Waals surface area contributed by atoms with Gasteiger partial charge in [0.25, 0.3) is 0 Å². The molecule has 5 rings (SSSR count). The number of carbonyl (C=O) groups excluding carboxylic acids is 1. The van der Waals surface area contributed by atoms with Crippen molar-refractivity contribution in [3.8, 4) is 0 Å². The number of amides is 1. The third kappa shape index (κ3) is 3.70. The van der Waals surface area contributed by atoms with Gasteiger partial charge >= 0.3 is 6.18 Å². The first-order chi connectivity index (χ1) is 16.1. The quantitative estimate of drug-likeness (QED) is 0.318. The molecular weight excluding hydrogens is 504 g/mol. The van der Waals surface area contributed by atoms with Gasteiger partial charge in [0.15, 0.2) is 0 Å². The number of hydrogen-bond acceptors (Lipinski definition) is 3. The topological polar surface area (TPSA) is 41.1 Å². The van der Waals surface area contributed by atoms with Crippen molar-refractivity contribution in [2.45, 2.75) is 35.3 Å². The van der Waals surface area contributed by atoms with Gasteiger partial charge < -0.3 is 5.32 Å². The fourth-order valence-electron chi connectivity index (χ4n) is 5.43. The Morgan fingerprint density at radius 1 is 0.971 bits per heavy atom. The van der Waals surface area contributed by atoms with Gasteiger partial charge in [-0.3, -0.25) is 10.1 Å². The van der Waals surface area contributed by atoms with Gasteiger partial charge in [0, 0.05) is 21.7 Å². The van der Waals surface area contributed by atoms with Crippen molar-refractivity contribution >= 4 is 47.4 Å². The van der Waals surface area contributed by atoms with Crippen LogP contribution in [0.1, 0.15) is 40.6 Å². The number of benzene rings is 3. The molecule has 9 heteroatoms. The molecular formula is C25H19Cl2F3N2OS. The van der Waals surface area contributed by atoms with E-state index in [4.69, 9.17) is 23.2 Å². The number of hydrogen-bond donors (Lipinski definition) is 3. The van der Waals surface area contributed by atoms with Crippen LogP contribution in [-0.4, -0.2) is 11.3 Å². The number of fused-ring (bicyclic) bond motifs is 2. The summed E-state index contributed by atoms with van der Waals surface area (Å²) in [7, 11) is 0. The molecule has 2 aliphatic rings. The zero-order valence-electron chi connectivity index (χ0n) is 17.5. The minimum absolute atomic E-state index is 0.0151. The van der Waals surface area contributed by atoms with E-state index in [0.717, 1.165) is 11.6 Å². The van der Waals surface area contributed by atoms with E-state index in [-0.39, 0.29) is 5.56 Å². The fourth-order valence-corrected chi connectivity index (χ4v) is 6.16. The molecule has 0 aliphatic carbocycles. The first-order valence-corrected chi connectivity index (χ1v) is 11.9. The Labute approximate surface area is 210 Å². The van der Waals surface area contributed by atoms with Crippen LogP contribution in [0, 0.1) is 0 Å². The number of rotatable bonds is 2. The van der Waals surface area contributed by atoms with Crippen LogP contribution in [-0.2, 0) is 16.4 Å². The van der Waals surface area contributed by atoms with Crippen LogP contribution in [0.3, 0.4) is 0 Å². The summed E-state index contributed by atoms with van der Waals surface area (Å²) in [4.78, 5) is 13.9. The predicted octanol–water partition coefficient (Wildman–Crippen LogP) is 6.98. The molecule has 1 fully saturated rings. The number of carbonyl (C=O) groups is 1. The predicted molar refractivity (Wildman–Crippen MR) is 131 cm³/mol. The number of nitrogens with one attached hydrogen (secondary N) is 2. The summed E-state index contributed by atoms with van der Waals surface area (Å²) in [6.45, 7) is 0. The van der Waals surface area contributed by atoms with Crippen molar-refractivity contribution in [1.82, 2.24) is 5.32 Å². The lowest BCUT2D eigenvalue weighted by Gasteiger charge is -2.49. The van der Waals surface area contributed by atoms with Crippen molar-refractivity contribution in [3.63, 3.8) is 0 Å². The number of piperidine rings is 1. The summed E-state index contributed by atoms with van der Waals surface area (Å²) in [5.41, 5.74) is -0.390. The highest BCUT2D eigenvalue weighted by atomic mass is 35.5. The summed E-state index contributed by atoms with van der Waals surface area (Å²) in [5, 5.41) is 6.52. The molecule has 1 amide bonds. The highest BCUT2D eigenvalue weighted by molar-refractivity contribution is 7.80. The molecule has 0 saturated carbocycles. The van der Waals surface area contributed by atoms with E-state index >= 15 is 0 Å². The molecule has 1 unspecified atom stereocenters. The Morgan fingerprint density at radius 3 is 2.44 bits per heavy atom. The smallest absolute Gasteiger partial charge is 0.325 e. The summed E-state index contributed by atoms with van der Waals surface area (Å²) < 4.78 is 42.3. The second-order valence-electron chi connectivity index (χ2n) is 8.56. The number of thiol groups is 1. The van der Waals surface area contributed by atoms with Crippen LogP contribution in [0.4, 0.5) is 18.9 Å². The van der Waals surface area contributed by atoms with Crippen LogP contribution in [0.15, 0.2) is 66.7 Å². The molecule has 1 saturated heterocycles. The van der Waals surface area contributed by atoms with Gasteiger partial charge in [-0.05, 0) is 53.4 Å². The van der Waals surface area contributed by atoms with E-state index in [1.54, 1.807) is 42.5 Å². The Bertz CT molecular complexity index is 1290. The van der Waals surface area contributed by atoms with Crippen LogP contribution in [0.2, 0.25) is 10.0 Å². The van der Waals surface area contributed by atoms with E-state index < -0.39 is 40.4 Å². The summed E-state index contributed by atoms with van der Waals surface area (Å²) in [6, 6.07) is 16.4. The van der Waals surface area contributed by atoms with Crippen molar-refractivity contribution in [2.75, 3.05) is 5.32 Å². The largest absolute Gasteiger partial charge is 0.416 e. The lowest BCUT2D eigenvalue weighted by atomic mass is 9.59. The fraction of sp³-hybridized carbons (Fsp3) is 0.240. The van der Waals surface area contributed by atoms with Gasteiger partial charge in [0.05, 0.1) is 17.0 Å². The average Bonchev–Trinajstić information content (AvgIpc) is 3.06. The van der Waals surface area contributed by atoms with Gasteiger partial charge in [0.1, 0.15) is 5.41 Å². The Hall–Kier alpha value is -2.19. The van der Waals surface area contributed by atoms with Crippen LogP contribution >= 0.6 is 35.8 Å². The van der Waals surface area contributed by atoms with Crippen LogP contribution < -0.4 is 10.6 Å². The van der Waals surface area contributed by atoms with Gasteiger partial charge in [-0.2, -0.15) is 25.8 Å². The van der Waals surface area contributed by atoms with Crippen molar-refractivity contribution in [2.24, 2.45) is 0 Å². The van der Waals surface area contributed by atoms with Crippen molar-refractivity contribution in [3.05, 3.63) is 99.0 Å². The maximum Gasteiger partial charge on any atom is 0.416 e. The van der Waals surface area contributed by atoms with E-state index in [9.17, 15) is 18.0 Å². The minimum Gasteiger partial charge on any atom is -0.325 e. The molecule has 3 aromatic rings. The maximum absolute atomic E-state index is 14.1. The molecule has 0 aromatic heterocycles. The molecule has 2 heterocycles. The van der Waals surface area contributed by atoms with E-state index in [1.807, 2.05) is 6.07 Å². The van der Waals surface area contributed by atoms with Crippen molar-refractivity contribution in [1.29, 1.82) is 0 Å². The van der Waals surface area contributed by atoms with Gasteiger partial charge in [-0.25, -0.2) is 0 Å². The third-order valence-electron chi connectivity index (χ3n) is 6.70. The molecule has 2 aliphatic heterocycles. The Kier molecular flexibility index (Phi) is 5.88. The van der Waals surface area contributed by atoms with Gasteiger partial charge in [-0.1, -0.05) is 59.6 Å². The number of halogens is 5. The second kappa shape index (κ2) is 8.48. The third-order valence-corrected chi connectivity index (χ3v) is 7.53. The van der Waals surface area contributed by atoms with E-state index in [0.29, 0.717) is 27.7 Å². The average molecular weight is 523 g/mol. The molecule has 2 N–H and O–H groups in total. The molecule has 34 heavy (non-hydrogen) atoms. The monoisotopic (exact) mass is 522 g/mol. The summed E-state index contributed by atoms with van der Waals surface area (Å²) >= 11 is 17.1. The highest BCUT2D eigenvalue weighted by Crippen LogP contribution is 2.59. The van der Waals surface area contributed by atoms with E-state index in [1.165, 1.54) is 12.1 Å². The summed E-state index contributed by atoms with van der Waals surface area (Å²) in [5.74, 6) is -0.909. The normalized spacial score (nSPS) is 26.4. The van der Waals surface area contributed by atoms with Crippen LogP contribution in [0.5, 0.6) is 0 Å². The first-order valence-electron chi connectivity index (χ1n) is 10.6. The van der Waals surface area contributed by atoms with Gasteiger partial charge in [-0.15, -0.1) is 0 Å². The van der Waals surface area contributed by atoms with Crippen LogP contribution in [0.25, 0.3) is 0 Å². The lowest BCUT2D eigenvalue weighted by molar-refractivity contribution is -0.139. The van der Waals surface area contributed by atoms with E-state index in [2.05, 4.69) is 23.3 Å². The molecule has 3 aromatic carbocycles. The molecule has 176 valence electrons. The molecule has 1 spiro atoms. The second-order valence-corrected chi connectivity index (χ2v) is 10.1. The van der Waals surface area contributed by atoms with Gasteiger partial charge in [0.2, 0.25) is 5.91 Å². The molecule has 0 bridgehead atoms. The lowest BCUT2D eigenvalue weighted by Crippen LogP contribution is -2.57. The molecule has 4 atom stereocenters. The number of anilines is 1. The highest BCUT2D eigenvalue weighted by Gasteiger charge is 2.61. The number of alkyl halides is 3. The standard InChI is InChI=1S/C25H19Cl2F3N2OS/c26-14-5-3-4-13(10-14)19-12-21(34)32-22(16-6-1-2-7-17(16)25(28,29)30)24(19)18-9-8-15(27)11-20(18)31-23(24)33/h1-11,19,21-22,32,34H,12H2,(H,31,33)/t19-,21?,22+,24-/m0/s1. The first kappa shape index (κ1) is 23.5. The van der Waals surface area contributed by atoms with Crippen molar-refractivity contribution < 1.29 is 18.0 Å². The zero-order valence-corrected chi connectivity index (χ0v) is 19.9. The minimum atomic E-state index is -4.60. The Balaban J connectivity index is 1.83. The summed E-state index contributed by atoms with van der Waals surface area (Å²) in [6.07, 6.45) is -4.21. The zero-order chi connectivity index (χ0) is 24.3. The maximum atomic E-state index is 14.1.